The molecule has 0 fully saturated rings. The lowest BCUT2D eigenvalue weighted by Gasteiger charge is -2.07. The number of rotatable bonds is 3. The van der Waals surface area contributed by atoms with Crippen LogP contribution in [0.15, 0.2) is 41.0 Å². The predicted molar refractivity (Wildman–Crippen MR) is 69.8 cm³/mol. The highest BCUT2D eigenvalue weighted by atomic mass is 79.9. The highest BCUT2D eigenvalue weighted by Crippen LogP contribution is 2.33. The third-order valence-electron chi connectivity index (χ3n) is 2.29. The molecule has 0 N–H and O–H groups in total. The van der Waals surface area contributed by atoms with E-state index in [4.69, 9.17) is 4.74 Å². The Morgan fingerprint density at radius 2 is 2.11 bits per heavy atom. The van der Waals surface area contributed by atoms with Gasteiger partial charge in [0.25, 0.3) is 0 Å². The molecule has 0 bridgehead atoms. The number of hydrogen-bond donors (Lipinski definition) is 0. The maximum atomic E-state index is 10.9. The SMILES string of the molecule is Cc1cccc([N+](=O)[O-])c1Oc1ccc(Br)cn1. The van der Waals surface area contributed by atoms with E-state index in [2.05, 4.69) is 20.9 Å². The highest BCUT2D eigenvalue weighted by Gasteiger charge is 2.17. The number of para-hydroxylation sites is 1. The molecule has 0 amide bonds. The number of nitro groups is 1. The van der Waals surface area contributed by atoms with Gasteiger partial charge in [0.1, 0.15) is 0 Å². The summed E-state index contributed by atoms with van der Waals surface area (Å²) in [5.74, 6) is 0.535. The van der Waals surface area contributed by atoms with Gasteiger partial charge in [-0.1, -0.05) is 12.1 Å². The van der Waals surface area contributed by atoms with Crippen molar-refractivity contribution in [2.75, 3.05) is 0 Å². The molecule has 2 rings (SSSR count). The summed E-state index contributed by atoms with van der Waals surface area (Å²) in [6, 6.07) is 8.17. The second-order valence-corrected chi connectivity index (χ2v) is 4.51. The van der Waals surface area contributed by atoms with Crippen LogP contribution in [0.2, 0.25) is 0 Å². The van der Waals surface area contributed by atoms with Crippen molar-refractivity contribution in [3.05, 3.63) is 56.7 Å². The van der Waals surface area contributed by atoms with E-state index < -0.39 is 4.92 Å². The average Bonchev–Trinajstić information content (AvgIpc) is 2.34. The zero-order chi connectivity index (χ0) is 13.1. The Morgan fingerprint density at radius 1 is 1.33 bits per heavy atom. The molecule has 5 nitrogen and oxygen atoms in total. The normalized spacial score (nSPS) is 10.1. The lowest BCUT2D eigenvalue weighted by atomic mass is 10.2. The zero-order valence-electron chi connectivity index (χ0n) is 9.46. The maximum absolute atomic E-state index is 10.9. The third-order valence-corrected chi connectivity index (χ3v) is 2.76. The molecule has 0 aliphatic heterocycles. The second-order valence-electron chi connectivity index (χ2n) is 3.60. The van der Waals surface area contributed by atoms with Gasteiger partial charge in [-0.15, -0.1) is 0 Å². The van der Waals surface area contributed by atoms with Gasteiger partial charge in [-0.2, -0.15) is 0 Å². The number of aromatic nitrogens is 1. The fraction of sp³-hybridized carbons (Fsp3) is 0.0833. The maximum Gasteiger partial charge on any atom is 0.311 e. The Hall–Kier alpha value is -1.95. The van der Waals surface area contributed by atoms with E-state index in [1.54, 1.807) is 37.4 Å². The molecule has 2 aromatic rings. The van der Waals surface area contributed by atoms with Crippen molar-refractivity contribution in [1.82, 2.24) is 4.98 Å². The van der Waals surface area contributed by atoms with Crippen molar-refractivity contribution >= 4 is 21.6 Å². The van der Waals surface area contributed by atoms with Gasteiger partial charge in [0.2, 0.25) is 11.6 Å². The predicted octanol–water partition coefficient (Wildman–Crippen LogP) is 3.85. The van der Waals surface area contributed by atoms with Crippen molar-refractivity contribution in [2.45, 2.75) is 6.92 Å². The van der Waals surface area contributed by atoms with Crippen LogP contribution in [-0.4, -0.2) is 9.91 Å². The van der Waals surface area contributed by atoms with Gasteiger partial charge >= 0.3 is 5.69 Å². The number of pyridine rings is 1. The van der Waals surface area contributed by atoms with Gasteiger partial charge in [0.05, 0.1) is 4.92 Å². The number of hydrogen-bond acceptors (Lipinski definition) is 4. The number of nitrogens with zero attached hydrogens (tertiary/aromatic N) is 2. The molecule has 0 radical (unpaired) electrons. The molecule has 1 aromatic heterocycles. The van der Waals surface area contributed by atoms with E-state index in [0.29, 0.717) is 11.4 Å². The minimum Gasteiger partial charge on any atom is -0.432 e. The highest BCUT2D eigenvalue weighted by molar-refractivity contribution is 9.10. The van der Waals surface area contributed by atoms with E-state index in [0.717, 1.165) is 4.47 Å². The van der Waals surface area contributed by atoms with E-state index in [-0.39, 0.29) is 11.4 Å². The standard InChI is InChI=1S/C12H9BrN2O3/c1-8-3-2-4-10(15(16)17)12(8)18-11-6-5-9(13)7-14-11/h2-7H,1H3. The van der Waals surface area contributed by atoms with Gasteiger partial charge in [0, 0.05) is 22.8 Å². The van der Waals surface area contributed by atoms with Crippen molar-refractivity contribution in [3.63, 3.8) is 0 Å². The molecule has 0 unspecified atom stereocenters. The lowest BCUT2D eigenvalue weighted by molar-refractivity contribution is -0.385. The first-order chi connectivity index (χ1) is 8.58. The quantitative estimate of drug-likeness (QED) is 0.638. The Balaban J connectivity index is 2.39. The van der Waals surface area contributed by atoms with Crippen molar-refractivity contribution < 1.29 is 9.66 Å². The Bertz CT molecular complexity index is 584. The number of benzene rings is 1. The van der Waals surface area contributed by atoms with E-state index in [9.17, 15) is 10.1 Å². The number of ether oxygens (including phenoxy) is 1. The molecule has 6 heteroatoms. The van der Waals surface area contributed by atoms with Gasteiger partial charge in [-0.05, 0) is 34.5 Å². The molecule has 0 saturated carbocycles. The summed E-state index contributed by atoms with van der Waals surface area (Å²) in [6.45, 7) is 1.75. The molecule has 1 heterocycles. The topological polar surface area (TPSA) is 65.3 Å². The first kappa shape index (κ1) is 12.5. The molecule has 18 heavy (non-hydrogen) atoms. The molecule has 1 aromatic carbocycles. The second kappa shape index (κ2) is 5.14. The van der Waals surface area contributed by atoms with E-state index in [1.807, 2.05) is 0 Å². The van der Waals surface area contributed by atoms with Crippen LogP contribution in [0.1, 0.15) is 5.56 Å². The zero-order valence-corrected chi connectivity index (χ0v) is 11.0. The van der Waals surface area contributed by atoms with Crippen LogP contribution in [-0.2, 0) is 0 Å². The lowest BCUT2D eigenvalue weighted by Crippen LogP contribution is -1.96. The summed E-state index contributed by atoms with van der Waals surface area (Å²) in [7, 11) is 0. The van der Waals surface area contributed by atoms with Crippen LogP contribution in [0.5, 0.6) is 11.6 Å². The molecule has 0 aliphatic carbocycles. The van der Waals surface area contributed by atoms with E-state index >= 15 is 0 Å². The summed E-state index contributed by atoms with van der Waals surface area (Å²) in [6.07, 6.45) is 1.57. The fourth-order valence-electron chi connectivity index (χ4n) is 1.44. The summed E-state index contributed by atoms with van der Waals surface area (Å²) in [5.41, 5.74) is 0.619. The van der Waals surface area contributed by atoms with Gasteiger partial charge in [0.15, 0.2) is 0 Å². The van der Waals surface area contributed by atoms with Crippen LogP contribution >= 0.6 is 15.9 Å². The average molecular weight is 309 g/mol. The Morgan fingerprint density at radius 3 is 2.72 bits per heavy atom. The molecular formula is C12H9BrN2O3. The van der Waals surface area contributed by atoms with Gasteiger partial charge in [-0.3, -0.25) is 10.1 Å². The third kappa shape index (κ3) is 2.65. The summed E-state index contributed by atoms with van der Waals surface area (Å²) < 4.78 is 6.30. The monoisotopic (exact) mass is 308 g/mol. The van der Waals surface area contributed by atoms with Crippen LogP contribution in [0.25, 0.3) is 0 Å². The van der Waals surface area contributed by atoms with Crippen molar-refractivity contribution in [1.29, 1.82) is 0 Å². The van der Waals surface area contributed by atoms with Gasteiger partial charge in [-0.25, -0.2) is 4.98 Å². The Kier molecular flexibility index (Phi) is 3.57. The molecular weight excluding hydrogens is 300 g/mol. The molecule has 0 saturated heterocycles. The van der Waals surface area contributed by atoms with Crippen LogP contribution in [0.4, 0.5) is 5.69 Å². The molecule has 0 spiro atoms. The Labute approximate surface area is 112 Å². The van der Waals surface area contributed by atoms with Crippen molar-refractivity contribution in [3.8, 4) is 11.6 Å². The molecule has 0 atom stereocenters. The van der Waals surface area contributed by atoms with Crippen molar-refractivity contribution in [2.24, 2.45) is 0 Å². The number of nitro benzene ring substituents is 1. The minimum atomic E-state index is -0.471. The number of aryl methyl sites for hydroxylation is 1. The minimum absolute atomic E-state index is 0.0697. The largest absolute Gasteiger partial charge is 0.432 e. The fourth-order valence-corrected chi connectivity index (χ4v) is 1.68. The first-order valence-electron chi connectivity index (χ1n) is 5.11. The summed E-state index contributed by atoms with van der Waals surface area (Å²) >= 11 is 3.26. The van der Waals surface area contributed by atoms with Crippen LogP contribution in [0, 0.1) is 17.0 Å². The van der Waals surface area contributed by atoms with Crippen LogP contribution < -0.4 is 4.74 Å². The molecule has 0 aliphatic rings. The van der Waals surface area contributed by atoms with E-state index in [1.165, 1.54) is 6.07 Å². The first-order valence-corrected chi connectivity index (χ1v) is 5.90. The van der Waals surface area contributed by atoms with Gasteiger partial charge < -0.3 is 4.74 Å². The summed E-state index contributed by atoms with van der Waals surface area (Å²) in [4.78, 5) is 14.5. The smallest absolute Gasteiger partial charge is 0.311 e. The number of halogens is 1. The van der Waals surface area contributed by atoms with Crippen LogP contribution in [0.3, 0.4) is 0 Å². The summed E-state index contributed by atoms with van der Waals surface area (Å²) in [5, 5.41) is 10.9. The molecule has 92 valence electrons.